The molecule has 2 heterocycles. The molecule has 1 aromatic rings. The normalized spacial score (nSPS) is 21.1. The molecule has 1 N–H and O–H groups in total. The van der Waals surface area contributed by atoms with Gasteiger partial charge in [-0.3, -0.25) is 4.79 Å². The Kier molecular flexibility index (Phi) is 5.31. The minimum Gasteiger partial charge on any atom is -0.451 e. The first-order chi connectivity index (χ1) is 12.8. The van der Waals surface area contributed by atoms with Crippen LogP contribution in [0.5, 0.6) is 0 Å². The van der Waals surface area contributed by atoms with E-state index in [-0.39, 0.29) is 17.3 Å². The molecule has 1 aromatic carbocycles. The van der Waals surface area contributed by atoms with E-state index >= 15 is 0 Å². The standard InChI is InChI=1S/C18H21N3O5S/c1-3-10-19-17(22)12(2)26-18(23)14-8-6-11-21(14)16-13-7-4-5-9-15(13)27(24,25)20-16/h3-5,7,9,12,14H,1,6,8,10-11H2,2H3,(H,19,22)/t12-,14+/m1/s1. The Labute approximate surface area is 158 Å². The topological polar surface area (TPSA) is 105 Å². The minimum absolute atomic E-state index is 0.135. The first-order valence-electron chi connectivity index (χ1n) is 8.65. The van der Waals surface area contributed by atoms with E-state index in [0.717, 1.165) is 0 Å². The average molecular weight is 391 g/mol. The molecule has 3 rings (SSSR count). The Bertz CT molecular complexity index is 909. The summed E-state index contributed by atoms with van der Waals surface area (Å²) in [6, 6.07) is 5.85. The molecule has 2 atom stereocenters. The summed E-state index contributed by atoms with van der Waals surface area (Å²) in [5, 5.41) is 2.57. The maximum atomic E-state index is 12.6. The summed E-state index contributed by atoms with van der Waals surface area (Å²) in [4.78, 5) is 26.3. The summed E-state index contributed by atoms with van der Waals surface area (Å²) in [6.07, 6.45) is 1.77. The number of hydrogen-bond acceptors (Lipinski definition) is 6. The van der Waals surface area contributed by atoms with Gasteiger partial charge in [-0.2, -0.15) is 8.42 Å². The summed E-state index contributed by atoms with van der Waals surface area (Å²) < 4.78 is 33.7. The van der Waals surface area contributed by atoms with Crippen molar-refractivity contribution in [2.75, 3.05) is 13.1 Å². The van der Waals surface area contributed by atoms with Crippen molar-refractivity contribution in [2.24, 2.45) is 4.40 Å². The van der Waals surface area contributed by atoms with Gasteiger partial charge in [0.05, 0.1) is 0 Å². The third-order valence-electron chi connectivity index (χ3n) is 4.49. The van der Waals surface area contributed by atoms with Gasteiger partial charge >= 0.3 is 5.97 Å². The van der Waals surface area contributed by atoms with Crippen LogP contribution in [-0.2, 0) is 24.3 Å². The van der Waals surface area contributed by atoms with E-state index in [1.165, 1.54) is 19.1 Å². The average Bonchev–Trinajstić information content (AvgIpc) is 3.22. The van der Waals surface area contributed by atoms with E-state index in [0.29, 0.717) is 24.9 Å². The Hall–Kier alpha value is -2.68. The van der Waals surface area contributed by atoms with Crippen molar-refractivity contribution in [1.29, 1.82) is 0 Å². The number of amides is 1. The van der Waals surface area contributed by atoms with Crippen molar-refractivity contribution < 1.29 is 22.7 Å². The second kappa shape index (κ2) is 7.51. The largest absolute Gasteiger partial charge is 0.451 e. The number of carbonyl (C=O) groups is 2. The highest BCUT2D eigenvalue weighted by Crippen LogP contribution is 2.31. The molecule has 144 valence electrons. The lowest BCUT2D eigenvalue weighted by molar-refractivity contribution is -0.158. The van der Waals surface area contributed by atoms with Crippen molar-refractivity contribution in [1.82, 2.24) is 10.2 Å². The fourth-order valence-electron chi connectivity index (χ4n) is 3.18. The third-order valence-corrected chi connectivity index (χ3v) is 5.82. The first kappa shape index (κ1) is 19.1. The monoisotopic (exact) mass is 391 g/mol. The van der Waals surface area contributed by atoms with E-state index in [4.69, 9.17) is 4.74 Å². The molecule has 0 saturated carbocycles. The van der Waals surface area contributed by atoms with Crippen LogP contribution in [0.2, 0.25) is 0 Å². The van der Waals surface area contributed by atoms with Crippen molar-refractivity contribution in [3.63, 3.8) is 0 Å². The van der Waals surface area contributed by atoms with Crippen LogP contribution >= 0.6 is 0 Å². The SMILES string of the molecule is C=CCNC(=O)[C@@H](C)OC(=O)[C@@H]1CCCN1C1=NS(=O)(=O)c2ccccc21. The molecule has 1 amide bonds. The number of carbonyl (C=O) groups excluding carboxylic acids is 2. The number of esters is 1. The fraction of sp³-hybridized carbons (Fsp3) is 0.389. The number of ether oxygens (including phenoxy) is 1. The lowest BCUT2D eigenvalue weighted by Crippen LogP contribution is -2.44. The molecular formula is C18H21N3O5S. The van der Waals surface area contributed by atoms with E-state index in [2.05, 4.69) is 16.3 Å². The molecule has 0 bridgehead atoms. The summed E-state index contributed by atoms with van der Waals surface area (Å²) >= 11 is 0. The molecule has 2 aliphatic heterocycles. The molecule has 0 aliphatic carbocycles. The van der Waals surface area contributed by atoms with E-state index in [1.54, 1.807) is 23.1 Å². The molecular weight excluding hydrogens is 370 g/mol. The number of amidine groups is 1. The molecule has 0 aromatic heterocycles. The van der Waals surface area contributed by atoms with E-state index in [9.17, 15) is 18.0 Å². The van der Waals surface area contributed by atoms with Gasteiger partial charge in [0.1, 0.15) is 10.9 Å². The number of hydrogen-bond donors (Lipinski definition) is 1. The number of likely N-dealkylation sites (tertiary alicyclic amines) is 1. The highest BCUT2D eigenvalue weighted by Gasteiger charge is 2.40. The van der Waals surface area contributed by atoms with Crippen LogP contribution in [0.3, 0.4) is 0 Å². The molecule has 8 nitrogen and oxygen atoms in total. The maximum Gasteiger partial charge on any atom is 0.329 e. The number of rotatable bonds is 5. The van der Waals surface area contributed by atoms with Gasteiger partial charge in [0.25, 0.3) is 15.9 Å². The van der Waals surface area contributed by atoms with Crippen LogP contribution in [0.1, 0.15) is 25.3 Å². The summed E-state index contributed by atoms with van der Waals surface area (Å²) in [5.41, 5.74) is 0.481. The molecule has 9 heteroatoms. The molecule has 1 fully saturated rings. The predicted molar refractivity (Wildman–Crippen MR) is 98.7 cm³/mol. The van der Waals surface area contributed by atoms with E-state index in [1.807, 2.05) is 0 Å². The molecule has 2 aliphatic rings. The van der Waals surface area contributed by atoms with Crippen LogP contribution in [-0.4, -0.2) is 56.3 Å². The summed E-state index contributed by atoms with van der Waals surface area (Å²) in [5.74, 6) is -0.731. The highest BCUT2D eigenvalue weighted by molar-refractivity contribution is 7.90. The number of nitrogens with one attached hydrogen (secondary N) is 1. The zero-order chi connectivity index (χ0) is 19.6. The summed E-state index contributed by atoms with van der Waals surface area (Å²) in [7, 11) is -3.77. The molecule has 1 saturated heterocycles. The second-order valence-electron chi connectivity index (χ2n) is 6.35. The Morgan fingerprint density at radius 3 is 2.93 bits per heavy atom. The van der Waals surface area contributed by atoms with Crippen molar-refractivity contribution in [2.45, 2.75) is 36.8 Å². The molecule has 0 unspecified atom stereocenters. The van der Waals surface area contributed by atoms with Gasteiger partial charge in [-0.25, -0.2) is 4.79 Å². The Morgan fingerprint density at radius 1 is 1.44 bits per heavy atom. The third kappa shape index (κ3) is 3.73. The Morgan fingerprint density at radius 2 is 2.19 bits per heavy atom. The Balaban J connectivity index is 1.77. The van der Waals surface area contributed by atoms with Gasteiger partial charge in [-0.1, -0.05) is 18.2 Å². The number of benzene rings is 1. The van der Waals surface area contributed by atoms with Crippen LogP contribution in [0.25, 0.3) is 0 Å². The first-order valence-corrected chi connectivity index (χ1v) is 10.1. The van der Waals surface area contributed by atoms with Gasteiger partial charge in [0, 0.05) is 18.7 Å². The van der Waals surface area contributed by atoms with Crippen LogP contribution in [0.4, 0.5) is 0 Å². The fourth-order valence-corrected chi connectivity index (χ4v) is 4.40. The lowest BCUT2D eigenvalue weighted by atomic mass is 10.1. The minimum atomic E-state index is -3.77. The van der Waals surface area contributed by atoms with Gasteiger partial charge in [0.2, 0.25) is 0 Å². The molecule has 0 radical (unpaired) electrons. The van der Waals surface area contributed by atoms with Crippen LogP contribution in [0, 0.1) is 0 Å². The number of nitrogens with zero attached hydrogens (tertiary/aromatic N) is 2. The zero-order valence-corrected chi connectivity index (χ0v) is 15.7. The van der Waals surface area contributed by atoms with Crippen molar-refractivity contribution in [3.8, 4) is 0 Å². The van der Waals surface area contributed by atoms with Crippen LogP contribution in [0.15, 0.2) is 46.2 Å². The highest BCUT2D eigenvalue weighted by atomic mass is 32.2. The second-order valence-corrected chi connectivity index (χ2v) is 7.92. The summed E-state index contributed by atoms with van der Waals surface area (Å²) in [6.45, 7) is 5.76. The quantitative estimate of drug-likeness (QED) is 0.589. The van der Waals surface area contributed by atoms with Gasteiger partial charge in [0.15, 0.2) is 11.9 Å². The van der Waals surface area contributed by atoms with Crippen molar-refractivity contribution in [3.05, 3.63) is 42.5 Å². The smallest absolute Gasteiger partial charge is 0.329 e. The zero-order valence-electron chi connectivity index (χ0n) is 14.9. The lowest BCUT2D eigenvalue weighted by Gasteiger charge is -2.26. The number of sulfonamides is 1. The van der Waals surface area contributed by atoms with Gasteiger partial charge < -0.3 is 15.0 Å². The van der Waals surface area contributed by atoms with Crippen molar-refractivity contribution >= 4 is 27.7 Å². The molecule has 27 heavy (non-hydrogen) atoms. The number of fused-ring (bicyclic) bond motifs is 1. The van der Waals surface area contributed by atoms with Gasteiger partial charge in [-0.05, 0) is 31.9 Å². The molecule has 0 spiro atoms. The van der Waals surface area contributed by atoms with E-state index < -0.39 is 34.0 Å². The predicted octanol–water partition coefficient (Wildman–Crippen LogP) is 0.834. The maximum absolute atomic E-state index is 12.6. The van der Waals surface area contributed by atoms with Gasteiger partial charge in [-0.15, -0.1) is 11.0 Å². The van der Waals surface area contributed by atoms with Crippen LogP contribution < -0.4 is 5.32 Å².